The molecule has 3 N–H and O–H groups in total. The van der Waals surface area contributed by atoms with Crippen LogP contribution in [0.2, 0.25) is 0 Å². The second kappa shape index (κ2) is 8.78. The van der Waals surface area contributed by atoms with E-state index in [-0.39, 0.29) is 16.6 Å². The number of aromatic nitrogens is 1. The molecule has 32 heavy (non-hydrogen) atoms. The maximum absolute atomic E-state index is 12.7. The van der Waals surface area contributed by atoms with Crippen molar-refractivity contribution in [1.82, 2.24) is 15.2 Å². The fourth-order valence-corrected chi connectivity index (χ4v) is 4.86. The van der Waals surface area contributed by atoms with E-state index >= 15 is 0 Å². The van der Waals surface area contributed by atoms with Crippen LogP contribution in [0, 0.1) is 0 Å². The van der Waals surface area contributed by atoms with Gasteiger partial charge in [0.2, 0.25) is 0 Å². The highest BCUT2D eigenvalue weighted by atomic mass is 32.2. The molecule has 1 aromatic rings. The summed E-state index contributed by atoms with van der Waals surface area (Å²) in [5.74, 6) is -5.09. The largest absolute Gasteiger partial charge is 0.477 e. The third-order valence-electron chi connectivity index (χ3n) is 4.18. The van der Waals surface area contributed by atoms with Crippen molar-refractivity contribution in [3.8, 4) is 0 Å². The zero-order chi connectivity index (χ0) is 23.8. The molecular formula is C16H14F3N5O6S2. The van der Waals surface area contributed by atoms with Gasteiger partial charge in [0.1, 0.15) is 29.9 Å². The van der Waals surface area contributed by atoms with E-state index in [4.69, 9.17) is 0 Å². The van der Waals surface area contributed by atoms with Crippen LogP contribution in [0.25, 0.3) is 0 Å². The number of hydrogen-bond acceptors (Lipinski definition) is 9. The lowest BCUT2D eigenvalue weighted by Gasteiger charge is -2.49. The zero-order valence-corrected chi connectivity index (χ0v) is 17.8. The Morgan fingerprint density at radius 3 is 2.62 bits per heavy atom. The van der Waals surface area contributed by atoms with Crippen LogP contribution in [0.5, 0.6) is 0 Å². The van der Waals surface area contributed by atoms with Crippen molar-refractivity contribution in [1.29, 1.82) is 0 Å². The maximum atomic E-state index is 12.7. The van der Waals surface area contributed by atoms with E-state index in [1.54, 1.807) is 12.2 Å². The van der Waals surface area contributed by atoms with Crippen molar-refractivity contribution < 1.29 is 42.3 Å². The standard InChI is InChI=1S/C16H14F3N5O6S2/c1-5-3-7(13(27)28)24-11(26)9(12(24)32-5)21-10(25)8(23-30-2)6-4-31-15(20-6)22-14(29)16(17,18)19/h3-5,9,12H,1-2H3,(H,21,25)(H,27,28)(H,20,22,29)/t5?,9?,12-/m1/s1. The van der Waals surface area contributed by atoms with E-state index < -0.39 is 52.1 Å². The Balaban J connectivity index is 1.74. The van der Waals surface area contributed by atoms with Gasteiger partial charge in [-0.25, -0.2) is 9.78 Å². The van der Waals surface area contributed by atoms with Crippen molar-refractivity contribution in [3.05, 3.63) is 22.8 Å². The van der Waals surface area contributed by atoms with Crippen LogP contribution >= 0.6 is 23.1 Å². The van der Waals surface area contributed by atoms with Crippen LogP contribution in [0.4, 0.5) is 18.3 Å². The first-order chi connectivity index (χ1) is 14.9. The zero-order valence-electron chi connectivity index (χ0n) is 16.2. The molecular weight excluding hydrogens is 479 g/mol. The highest BCUT2D eigenvalue weighted by Gasteiger charge is 2.54. The molecule has 172 valence electrons. The van der Waals surface area contributed by atoms with E-state index in [9.17, 15) is 37.5 Å². The number of carbonyl (C=O) groups excluding carboxylic acids is 3. The molecule has 3 heterocycles. The van der Waals surface area contributed by atoms with Gasteiger partial charge >= 0.3 is 18.1 Å². The summed E-state index contributed by atoms with van der Waals surface area (Å²) in [5.41, 5.74) is -0.844. The van der Waals surface area contributed by atoms with Gasteiger partial charge in [-0.15, -0.1) is 23.1 Å². The minimum Gasteiger partial charge on any atom is -0.477 e. The number of halogens is 3. The number of anilines is 1. The average Bonchev–Trinajstić information content (AvgIpc) is 3.16. The first-order valence-electron chi connectivity index (χ1n) is 8.63. The van der Waals surface area contributed by atoms with E-state index in [1.165, 1.54) is 23.2 Å². The molecule has 2 aliphatic heterocycles. The van der Waals surface area contributed by atoms with Crippen LogP contribution in [-0.2, 0) is 24.0 Å². The number of β-lactam (4-membered cyclic amide) rings is 1. The van der Waals surface area contributed by atoms with Gasteiger partial charge in [-0.2, -0.15) is 13.2 Å². The molecule has 2 unspecified atom stereocenters. The van der Waals surface area contributed by atoms with Gasteiger partial charge in [0.25, 0.3) is 11.8 Å². The average molecular weight is 493 g/mol. The number of alkyl halides is 3. The van der Waals surface area contributed by atoms with Gasteiger partial charge in [-0.1, -0.05) is 5.16 Å². The van der Waals surface area contributed by atoms with Crippen molar-refractivity contribution in [2.75, 3.05) is 12.4 Å². The van der Waals surface area contributed by atoms with Gasteiger partial charge in [0.15, 0.2) is 10.8 Å². The highest BCUT2D eigenvalue weighted by Crippen LogP contribution is 2.40. The minimum atomic E-state index is -5.12. The number of fused-ring (bicyclic) bond motifs is 1. The number of carboxylic acid groups (broad SMARTS) is 1. The van der Waals surface area contributed by atoms with E-state index in [0.29, 0.717) is 11.3 Å². The lowest BCUT2D eigenvalue weighted by Crippen LogP contribution is -2.71. The molecule has 11 nitrogen and oxygen atoms in total. The quantitative estimate of drug-likeness (QED) is 0.299. The molecule has 2 aliphatic rings. The summed E-state index contributed by atoms with van der Waals surface area (Å²) in [4.78, 5) is 57.0. The summed E-state index contributed by atoms with van der Waals surface area (Å²) >= 11 is 1.87. The van der Waals surface area contributed by atoms with Crippen molar-refractivity contribution >= 4 is 57.6 Å². The molecule has 1 fully saturated rings. The predicted molar refractivity (Wildman–Crippen MR) is 106 cm³/mol. The monoisotopic (exact) mass is 493 g/mol. The Labute approximate surface area is 185 Å². The summed E-state index contributed by atoms with van der Waals surface area (Å²) in [6.07, 6.45) is -3.70. The number of hydrogen-bond donors (Lipinski definition) is 3. The summed E-state index contributed by atoms with van der Waals surface area (Å²) in [5, 5.41) is 16.6. The fourth-order valence-electron chi connectivity index (χ4n) is 2.84. The first kappa shape index (κ1) is 23.5. The van der Waals surface area contributed by atoms with Crippen LogP contribution in [0.15, 0.2) is 22.3 Å². The number of nitrogens with zero attached hydrogens (tertiary/aromatic N) is 3. The van der Waals surface area contributed by atoms with Gasteiger partial charge < -0.3 is 15.3 Å². The Bertz CT molecular complexity index is 1040. The number of amides is 3. The first-order valence-corrected chi connectivity index (χ1v) is 10.5. The maximum Gasteiger partial charge on any atom is 0.471 e. The molecule has 1 aromatic heterocycles. The molecule has 0 aromatic carbocycles. The number of oxime groups is 1. The molecule has 0 bridgehead atoms. The lowest BCUT2D eigenvalue weighted by molar-refractivity contribution is -0.167. The Kier molecular flexibility index (Phi) is 6.45. The lowest BCUT2D eigenvalue weighted by atomic mass is 10.0. The molecule has 0 radical (unpaired) electrons. The predicted octanol–water partition coefficient (Wildman–Crippen LogP) is 0.751. The number of thiazole rings is 1. The summed E-state index contributed by atoms with van der Waals surface area (Å²) in [7, 11) is 1.12. The van der Waals surface area contributed by atoms with Crippen LogP contribution in [0.3, 0.4) is 0 Å². The van der Waals surface area contributed by atoms with Crippen LogP contribution < -0.4 is 10.6 Å². The van der Waals surface area contributed by atoms with Gasteiger partial charge in [0, 0.05) is 10.6 Å². The molecule has 0 aliphatic carbocycles. The molecule has 3 rings (SSSR count). The Morgan fingerprint density at radius 1 is 1.34 bits per heavy atom. The second-order valence-electron chi connectivity index (χ2n) is 6.36. The number of carboxylic acids is 1. The Morgan fingerprint density at radius 2 is 2.03 bits per heavy atom. The molecule has 3 amide bonds. The van der Waals surface area contributed by atoms with Gasteiger partial charge in [0.05, 0.1) is 0 Å². The number of nitrogens with one attached hydrogen (secondary N) is 2. The minimum absolute atomic E-state index is 0.188. The molecule has 16 heteroatoms. The SMILES string of the molecule is CON=C(C(=O)NC1C(=O)N2C(C(=O)O)=CC(C)S[C@H]12)c1csc(NC(=O)C(F)(F)F)n1. The highest BCUT2D eigenvalue weighted by molar-refractivity contribution is 8.00. The van der Waals surface area contributed by atoms with E-state index in [0.717, 1.165) is 12.0 Å². The van der Waals surface area contributed by atoms with Gasteiger partial charge in [-0.3, -0.25) is 24.6 Å². The molecule has 1 saturated heterocycles. The second-order valence-corrected chi connectivity index (χ2v) is 8.72. The van der Waals surface area contributed by atoms with Gasteiger partial charge in [-0.05, 0) is 13.0 Å². The molecule has 0 spiro atoms. The third-order valence-corrected chi connectivity index (χ3v) is 6.26. The summed E-state index contributed by atoms with van der Waals surface area (Å²) < 4.78 is 37.2. The number of thioether (sulfide) groups is 1. The van der Waals surface area contributed by atoms with E-state index in [1.807, 2.05) is 0 Å². The molecule has 3 atom stereocenters. The van der Waals surface area contributed by atoms with Crippen molar-refractivity contribution in [2.45, 2.75) is 29.8 Å². The number of carbonyl (C=O) groups is 4. The Hall–Kier alpha value is -3.14. The van der Waals surface area contributed by atoms with Crippen molar-refractivity contribution in [3.63, 3.8) is 0 Å². The van der Waals surface area contributed by atoms with E-state index in [2.05, 4.69) is 20.3 Å². The third kappa shape index (κ3) is 4.55. The number of rotatable bonds is 6. The van der Waals surface area contributed by atoms with Crippen LogP contribution in [-0.4, -0.2) is 74.3 Å². The summed E-state index contributed by atoms with van der Waals surface area (Å²) in [6, 6.07) is -1.07. The topological polar surface area (TPSA) is 150 Å². The smallest absolute Gasteiger partial charge is 0.471 e. The number of aliphatic carboxylic acids is 1. The van der Waals surface area contributed by atoms with Crippen LogP contribution in [0.1, 0.15) is 12.6 Å². The summed E-state index contributed by atoms with van der Waals surface area (Å²) in [6.45, 7) is 1.73. The van der Waals surface area contributed by atoms with Crippen molar-refractivity contribution in [2.24, 2.45) is 5.16 Å². The normalized spacial score (nSPS) is 23.0. The fraction of sp³-hybridized carbons (Fsp3) is 0.375. The molecule has 0 saturated carbocycles.